The van der Waals surface area contributed by atoms with Crippen molar-refractivity contribution in [1.82, 2.24) is 0 Å². The fourth-order valence-electron chi connectivity index (χ4n) is 1.12. The van der Waals surface area contributed by atoms with E-state index >= 15 is 0 Å². The lowest BCUT2D eigenvalue weighted by Gasteiger charge is -1.88. The molecule has 0 spiro atoms. The Labute approximate surface area is 71.8 Å². The molecule has 0 aliphatic carbocycles. The molecule has 2 rings (SSSR count). The number of aromatic carboxylic acids is 1. The number of hydrogen-bond donors (Lipinski definition) is 2. The standard InChI is InChI=1S/C7H5NO3S/c9-5-2-3-1-4(7(10)11)12-6(3)8-5/h1H,2H2,(H,8,9)(H,10,11). The summed E-state index contributed by atoms with van der Waals surface area (Å²) in [6, 6.07) is 1.54. The first-order valence-electron chi connectivity index (χ1n) is 3.32. The van der Waals surface area contributed by atoms with Crippen LogP contribution >= 0.6 is 11.3 Å². The average Bonchev–Trinajstić information content (AvgIpc) is 2.42. The molecule has 1 aromatic heterocycles. The molecule has 12 heavy (non-hydrogen) atoms. The lowest BCUT2D eigenvalue weighted by atomic mass is 10.2. The van der Waals surface area contributed by atoms with Crippen LogP contribution in [0.15, 0.2) is 6.07 Å². The Balaban J connectivity index is 2.40. The second-order valence-corrected chi connectivity index (χ2v) is 3.55. The van der Waals surface area contributed by atoms with E-state index in [0.29, 0.717) is 11.4 Å². The normalized spacial score (nSPS) is 14.2. The van der Waals surface area contributed by atoms with Crippen LogP contribution in [0.4, 0.5) is 5.00 Å². The van der Waals surface area contributed by atoms with Gasteiger partial charge in [-0.1, -0.05) is 0 Å². The smallest absolute Gasteiger partial charge is 0.345 e. The number of carbonyl (C=O) groups excluding carboxylic acids is 1. The van der Waals surface area contributed by atoms with E-state index < -0.39 is 5.97 Å². The van der Waals surface area contributed by atoms with Gasteiger partial charge in [-0.3, -0.25) is 4.79 Å². The molecule has 0 fully saturated rings. The maximum atomic E-state index is 10.8. The number of amides is 1. The zero-order chi connectivity index (χ0) is 8.72. The zero-order valence-electron chi connectivity index (χ0n) is 5.96. The first-order valence-corrected chi connectivity index (χ1v) is 4.14. The van der Waals surface area contributed by atoms with Crippen molar-refractivity contribution >= 4 is 28.2 Å². The van der Waals surface area contributed by atoms with Crippen LogP contribution < -0.4 is 5.32 Å². The Bertz CT molecular complexity index is 343. The highest BCUT2D eigenvalue weighted by Crippen LogP contribution is 2.32. The minimum absolute atomic E-state index is 0.0619. The molecular formula is C7H5NO3S. The Morgan fingerprint density at radius 1 is 1.67 bits per heavy atom. The van der Waals surface area contributed by atoms with Crippen molar-refractivity contribution in [3.63, 3.8) is 0 Å². The van der Waals surface area contributed by atoms with Gasteiger partial charge in [-0.25, -0.2) is 4.79 Å². The minimum atomic E-state index is -0.941. The molecule has 0 saturated heterocycles. The molecule has 4 nitrogen and oxygen atoms in total. The Morgan fingerprint density at radius 2 is 2.42 bits per heavy atom. The first-order chi connectivity index (χ1) is 5.66. The van der Waals surface area contributed by atoms with Crippen molar-refractivity contribution in [3.8, 4) is 0 Å². The summed E-state index contributed by atoms with van der Waals surface area (Å²) < 4.78 is 0. The van der Waals surface area contributed by atoms with E-state index in [1.807, 2.05) is 0 Å². The van der Waals surface area contributed by atoms with Gasteiger partial charge in [0.25, 0.3) is 0 Å². The van der Waals surface area contributed by atoms with Gasteiger partial charge in [0.1, 0.15) is 4.88 Å². The summed E-state index contributed by atoms with van der Waals surface area (Å²) in [6.07, 6.45) is 0.305. The number of nitrogens with one attached hydrogen (secondary N) is 1. The summed E-state index contributed by atoms with van der Waals surface area (Å²) in [5.74, 6) is -1.00. The molecule has 1 aromatic rings. The highest BCUT2D eigenvalue weighted by Gasteiger charge is 2.22. The fraction of sp³-hybridized carbons (Fsp3) is 0.143. The van der Waals surface area contributed by atoms with Gasteiger partial charge >= 0.3 is 5.97 Å². The molecule has 0 saturated carbocycles. The van der Waals surface area contributed by atoms with Crippen LogP contribution in [0, 0.1) is 0 Å². The summed E-state index contributed by atoms with van der Waals surface area (Å²) >= 11 is 1.10. The van der Waals surface area contributed by atoms with Gasteiger partial charge in [-0.2, -0.15) is 0 Å². The monoisotopic (exact) mass is 183 g/mol. The number of carboxylic acids is 1. The van der Waals surface area contributed by atoms with E-state index in [1.54, 1.807) is 6.07 Å². The van der Waals surface area contributed by atoms with Gasteiger partial charge < -0.3 is 10.4 Å². The Morgan fingerprint density at radius 3 is 3.00 bits per heavy atom. The summed E-state index contributed by atoms with van der Waals surface area (Å²) in [4.78, 5) is 21.6. The molecule has 5 heteroatoms. The third-order valence-corrected chi connectivity index (χ3v) is 2.70. The SMILES string of the molecule is O=C1Cc2cc(C(=O)O)sc2N1. The van der Waals surface area contributed by atoms with Crippen molar-refractivity contribution in [1.29, 1.82) is 0 Å². The molecule has 1 aliphatic rings. The molecule has 0 radical (unpaired) electrons. The molecule has 62 valence electrons. The van der Waals surface area contributed by atoms with Crippen LogP contribution in [-0.2, 0) is 11.2 Å². The van der Waals surface area contributed by atoms with Crippen LogP contribution in [-0.4, -0.2) is 17.0 Å². The van der Waals surface area contributed by atoms with Crippen molar-refractivity contribution in [2.45, 2.75) is 6.42 Å². The van der Waals surface area contributed by atoms with Gasteiger partial charge in [0, 0.05) is 0 Å². The molecule has 0 bridgehead atoms. The number of thiophene rings is 1. The number of fused-ring (bicyclic) bond motifs is 1. The van der Waals surface area contributed by atoms with Crippen LogP contribution in [0.5, 0.6) is 0 Å². The molecular weight excluding hydrogens is 178 g/mol. The van der Waals surface area contributed by atoms with E-state index in [4.69, 9.17) is 5.11 Å². The number of carboxylic acid groups (broad SMARTS) is 1. The lowest BCUT2D eigenvalue weighted by Crippen LogP contribution is -2.04. The van der Waals surface area contributed by atoms with Gasteiger partial charge in [-0.15, -0.1) is 11.3 Å². The van der Waals surface area contributed by atoms with Crippen molar-refractivity contribution < 1.29 is 14.7 Å². The van der Waals surface area contributed by atoms with E-state index in [9.17, 15) is 9.59 Å². The predicted octanol–water partition coefficient (Wildman–Crippen LogP) is 0.941. The molecule has 2 N–H and O–H groups in total. The molecule has 0 aromatic carbocycles. The van der Waals surface area contributed by atoms with Gasteiger partial charge in [-0.05, 0) is 11.6 Å². The van der Waals surface area contributed by atoms with Crippen molar-refractivity contribution in [2.24, 2.45) is 0 Å². The molecule has 1 amide bonds. The van der Waals surface area contributed by atoms with E-state index in [-0.39, 0.29) is 10.8 Å². The second-order valence-electron chi connectivity index (χ2n) is 2.50. The van der Waals surface area contributed by atoms with Crippen LogP contribution in [0.25, 0.3) is 0 Å². The van der Waals surface area contributed by atoms with Gasteiger partial charge in [0.2, 0.25) is 5.91 Å². The topological polar surface area (TPSA) is 66.4 Å². The highest BCUT2D eigenvalue weighted by molar-refractivity contribution is 7.18. The van der Waals surface area contributed by atoms with E-state index in [2.05, 4.69) is 5.32 Å². The first kappa shape index (κ1) is 7.30. The minimum Gasteiger partial charge on any atom is -0.477 e. The second kappa shape index (κ2) is 2.31. The van der Waals surface area contributed by atoms with Gasteiger partial charge in [0.15, 0.2) is 0 Å². The summed E-state index contributed by atoms with van der Waals surface area (Å²) in [5, 5.41) is 11.9. The van der Waals surface area contributed by atoms with E-state index in [1.165, 1.54) is 0 Å². The molecule has 0 unspecified atom stereocenters. The zero-order valence-corrected chi connectivity index (χ0v) is 6.77. The Kier molecular flexibility index (Phi) is 1.41. The number of rotatable bonds is 1. The van der Waals surface area contributed by atoms with E-state index in [0.717, 1.165) is 16.9 Å². The highest BCUT2D eigenvalue weighted by atomic mass is 32.1. The quantitative estimate of drug-likeness (QED) is 0.680. The predicted molar refractivity (Wildman–Crippen MR) is 43.6 cm³/mol. The summed E-state index contributed by atoms with van der Waals surface area (Å²) in [7, 11) is 0. The third kappa shape index (κ3) is 0.984. The molecule has 1 aliphatic heterocycles. The fourth-order valence-corrected chi connectivity index (χ4v) is 2.05. The van der Waals surface area contributed by atoms with Crippen molar-refractivity contribution in [2.75, 3.05) is 5.32 Å². The number of carbonyl (C=O) groups is 2. The Hall–Kier alpha value is -1.36. The average molecular weight is 183 g/mol. The van der Waals surface area contributed by atoms with Crippen LogP contribution in [0.1, 0.15) is 15.2 Å². The number of hydrogen-bond acceptors (Lipinski definition) is 3. The largest absolute Gasteiger partial charge is 0.477 e. The van der Waals surface area contributed by atoms with Gasteiger partial charge in [0.05, 0.1) is 11.4 Å². The lowest BCUT2D eigenvalue weighted by molar-refractivity contribution is -0.115. The van der Waals surface area contributed by atoms with Crippen molar-refractivity contribution in [3.05, 3.63) is 16.5 Å². The summed E-state index contributed by atoms with van der Waals surface area (Å²) in [6.45, 7) is 0. The maximum Gasteiger partial charge on any atom is 0.345 e. The summed E-state index contributed by atoms with van der Waals surface area (Å²) in [5.41, 5.74) is 0.794. The molecule has 0 atom stereocenters. The van der Waals surface area contributed by atoms with Crippen LogP contribution in [0.3, 0.4) is 0 Å². The number of anilines is 1. The maximum absolute atomic E-state index is 10.8. The van der Waals surface area contributed by atoms with Crippen LogP contribution in [0.2, 0.25) is 0 Å². The third-order valence-electron chi connectivity index (χ3n) is 1.62. The molecule has 2 heterocycles.